The van der Waals surface area contributed by atoms with Crippen molar-refractivity contribution in [3.8, 4) is 11.6 Å². The van der Waals surface area contributed by atoms with Crippen molar-refractivity contribution in [3.05, 3.63) is 120 Å². The molecule has 202 valence electrons. The molecule has 0 atom stereocenters. The maximum absolute atomic E-state index is 10.9. The summed E-state index contributed by atoms with van der Waals surface area (Å²) in [6, 6.07) is 23.7. The van der Waals surface area contributed by atoms with Crippen LogP contribution in [0.2, 0.25) is 0 Å². The summed E-state index contributed by atoms with van der Waals surface area (Å²) in [6.45, 7) is 7.96. The lowest BCUT2D eigenvalue weighted by atomic mass is 10.1. The largest absolute Gasteiger partial charge is 0.478 e. The van der Waals surface area contributed by atoms with Gasteiger partial charge in [0.15, 0.2) is 0 Å². The van der Waals surface area contributed by atoms with Gasteiger partial charge >= 0.3 is 11.9 Å². The molecule has 6 aromatic rings. The summed E-state index contributed by atoms with van der Waals surface area (Å²) >= 11 is 0. The molecule has 0 saturated heterocycles. The van der Waals surface area contributed by atoms with E-state index in [1.165, 1.54) is 0 Å². The first kappa shape index (κ1) is 27.8. The van der Waals surface area contributed by atoms with Crippen molar-refractivity contribution in [1.82, 2.24) is 19.1 Å². The zero-order valence-electron chi connectivity index (χ0n) is 22.7. The molecule has 4 aromatic heterocycles. The molecule has 0 radical (unpaired) electrons. The standard InChI is InChI=1S/2C15H12N2O2.C2H6/c1-10-4-6-16-14(8-10)17-7-5-11-9-12(15(18)19)2-3-13(11)17;1-10-3-2-4-14(16-10)17-8-7-11-9-12(15(18)19)5-6-13(11)17;1-2/h2*2-9H,1H3,(H,18,19);1-2H3. The van der Waals surface area contributed by atoms with E-state index in [4.69, 9.17) is 10.2 Å². The number of carboxylic acids is 2. The van der Waals surface area contributed by atoms with Crippen LogP contribution in [0.3, 0.4) is 0 Å². The van der Waals surface area contributed by atoms with Crippen molar-refractivity contribution in [3.63, 3.8) is 0 Å². The molecule has 0 aliphatic rings. The molecule has 4 heterocycles. The van der Waals surface area contributed by atoms with E-state index in [1.807, 2.05) is 104 Å². The minimum absolute atomic E-state index is 0.294. The van der Waals surface area contributed by atoms with E-state index in [0.717, 1.165) is 44.7 Å². The molecule has 2 aromatic carbocycles. The predicted octanol–water partition coefficient (Wildman–Crippen LogP) is 7.09. The fourth-order valence-corrected chi connectivity index (χ4v) is 4.27. The second-order valence-corrected chi connectivity index (χ2v) is 8.86. The first-order chi connectivity index (χ1) is 19.3. The van der Waals surface area contributed by atoms with Gasteiger partial charge in [-0.15, -0.1) is 0 Å². The van der Waals surface area contributed by atoms with Gasteiger partial charge in [-0.3, -0.25) is 0 Å². The average Bonchev–Trinajstić information content (AvgIpc) is 3.58. The Hall–Kier alpha value is -5.24. The van der Waals surface area contributed by atoms with Crippen molar-refractivity contribution >= 4 is 33.7 Å². The van der Waals surface area contributed by atoms with Gasteiger partial charge in [0, 0.05) is 35.1 Å². The quantitative estimate of drug-likeness (QED) is 0.250. The Balaban J connectivity index is 0.000000174. The maximum Gasteiger partial charge on any atom is 0.335 e. The number of pyridine rings is 2. The highest BCUT2D eigenvalue weighted by Crippen LogP contribution is 2.22. The molecule has 0 spiro atoms. The van der Waals surface area contributed by atoms with E-state index in [9.17, 15) is 9.59 Å². The monoisotopic (exact) mass is 534 g/mol. The van der Waals surface area contributed by atoms with E-state index in [2.05, 4.69) is 9.97 Å². The number of aromatic nitrogens is 4. The summed E-state index contributed by atoms with van der Waals surface area (Å²) in [7, 11) is 0. The van der Waals surface area contributed by atoms with Crippen molar-refractivity contribution < 1.29 is 19.8 Å². The van der Waals surface area contributed by atoms with Crippen molar-refractivity contribution in [1.29, 1.82) is 0 Å². The maximum atomic E-state index is 10.9. The van der Waals surface area contributed by atoms with Crippen LogP contribution in [-0.2, 0) is 0 Å². The Morgan fingerprint density at radius 3 is 1.73 bits per heavy atom. The van der Waals surface area contributed by atoms with Crippen LogP contribution in [0.4, 0.5) is 0 Å². The lowest BCUT2D eigenvalue weighted by molar-refractivity contribution is 0.0686. The van der Waals surface area contributed by atoms with E-state index in [1.54, 1.807) is 30.5 Å². The zero-order valence-corrected chi connectivity index (χ0v) is 22.7. The third kappa shape index (κ3) is 5.91. The van der Waals surface area contributed by atoms with Crippen LogP contribution in [0.1, 0.15) is 45.8 Å². The third-order valence-electron chi connectivity index (χ3n) is 6.14. The van der Waals surface area contributed by atoms with Gasteiger partial charge in [-0.1, -0.05) is 19.9 Å². The molecule has 8 nitrogen and oxygen atoms in total. The zero-order chi connectivity index (χ0) is 28.8. The van der Waals surface area contributed by atoms with Gasteiger partial charge in [-0.05, 0) is 92.2 Å². The summed E-state index contributed by atoms with van der Waals surface area (Å²) in [6.07, 6.45) is 5.57. The molecule has 0 aliphatic heterocycles. The number of fused-ring (bicyclic) bond motifs is 2. The number of carboxylic acid groups (broad SMARTS) is 2. The Labute approximate surface area is 231 Å². The molecule has 2 N–H and O–H groups in total. The fourth-order valence-electron chi connectivity index (χ4n) is 4.27. The summed E-state index contributed by atoms with van der Waals surface area (Å²) in [4.78, 5) is 30.7. The first-order valence-electron chi connectivity index (χ1n) is 12.9. The average molecular weight is 535 g/mol. The van der Waals surface area contributed by atoms with Gasteiger partial charge in [0.2, 0.25) is 0 Å². The Morgan fingerprint density at radius 1 is 0.675 bits per heavy atom. The lowest BCUT2D eigenvalue weighted by Gasteiger charge is -2.05. The number of carbonyl (C=O) groups is 2. The number of aryl methyl sites for hydroxylation is 2. The van der Waals surface area contributed by atoms with Crippen LogP contribution in [0.15, 0.2) is 97.5 Å². The Bertz CT molecular complexity index is 1680. The highest BCUT2D eigenvalue weighted by Gasteiger charge is 2.09. The highest BCUT2D eigenvalue weighted by atomic mass is 16.4. The minimum atomic E-state index is -0.914. The number of aromatic carboxylic acids is 2. The summed E-state index contributed by atoms with van der Waals surface area (Å²) in [5.74, 6) is -0.164. The highest BCUT2D eigenvalue weighted by molar-refractivity contribution is 5.95. The molecule has 0 bridgehead atoms. The molecule has 0 aliphatic carbocycles. The summed E-state index contributed by atoms with van der Waals surface area (Å²) < 4.78 is 3.90. The fraction of sp³-hybridized carbons (Fsp3) is 0.125. The second-order valence-electron chi connectivity index (χ2n) is 8.86. The van der Waals surface area contributed by atoms with Crippen LogP contribution in [0.25, 0.3) is 33.4 Å². The summed E-state index contributed by atoms with van der Waals surface area (Å²) in [5.41, 5.74) is 4.56. The molecule has 0 amide bonds. The van der Waals surface area contributed by atoms with Gasteiger partial charge < -0.3 is 19.3 Å². The molecule has 6 rings (SSSR count). The van der Waals surface area contributed by atoms with Crippen LogP contribution in [-0.4, -0.2) is 41.3 Å². The number of hydrogen-bond donors (Lipinski definition) is 2. The molecule has 0 saturated carbocycles. The van der Waals surface area contributed by atoms with E-state index in [0.29, 0.717) is 11.1 Å². The van der Waals surface area contributed by atoms with Gasteiger partial charge in [0.25, 0.3) is 0 Å². The van der Waals surface area contributed by atoms with Gasteiger partial charge in [0.1, 0.15) is 11.6 Å². The molecular weight excluding hydrogens is 504 g/mol. The number of benzene rings is 2. The van der Waals surface area contributed by atoms with E-state index >= 15 is 0 Å². The van der Waals surface area contributed by atoms with Crippen LogP contribution >= 0.6 is 0 Å². The second kappa shape index (κ2) is 12.1. The SMILES string of the molecule is CC.Cc1cccc(-n2ccc3cc(C(=O)O)ccc32)n1.Cc1ccnc(-n2ccc3cc(C(=O)O)ccc32)c1. The first-order valence-corrected chi connectivity index (χ1v) is 12.9. The lowest BCUT2D eigenvalue weighted by Crippen LogP contribution is -1.98. The third-order valence-corrected chi connectivity index (χ3v) is 6.14. The summed E-state index contributed by atoms with van der Waals surface area (Å²) in [5, 5.41) is 19.8. The van der Waals surface area contributed by atoms with Gasteiger partial charge in [-0.25, -0.2) is 19.6 Å². The normalized spacial score (nSPS) is 10.4. The Kier molecular flexibility index (Phi) is 8.39. The van der Waals surface area contributed by atoms with Crippen LogP contribution < -0.4 is 0 Å². The van der Waals surface area contributed by atoms with E-state index < -0.39 is 11.9 Å². The molecule has 0 fully saturated rings. The van der Waals surface area contributed by atoms with E-state index in [-0.39, 0.29) is 0 Å². The number of rotatable bonds is 4. The molecule has 0 unspecified atom stereocenters. The minimum Gasteiger partial charge on any atom is -0.478 e. The topological polar surface area (TPSA) is 110 Å². The van der Waals surface area contributed by atoms with Gasteiger partial charge in [-0.2, -0.15) is 0 Å². The molecular formula is C32H30N4O4. The smallest absolute Gasteiger partial charge is 0.335 e. The predicted molar refractivity (Wildman–Crippen MR) is 157 cm³/mol. The molecule has 8 heteroatoms. The number of nitrogens with zero attached hydrogens (tertiary/aromatic N) is 4. The van der Waals surface area contributed by atoms with Crippen LogP contribution in [0.5, 0.6) is 0 Å². The van der Waals surface area contributed by atoms with Crippen molar-refractivity contribution in [2.24, 2.45) is 0 Å². The Morgan fingerprint density at radius 2 is 1.23 bits per heavy atom. The van der Waals surface area contributed by atoms with Crippen LogP contribution in [0, 0.1) is 13.8 Å². The van der Waals surface area contributed by atoms with Crippen molar-refractivity contribution in [2.75, 3.05) is 0 Å². The van der Waals surface area contributed by atoms with Gasteiger partial charge in [0.05, 0.1) is 22.2 Å². The van der Waals surface area contributed by atoms with Crippen molar-refractivity contribution in [2.45, 2.75) is 27.7 Å². The molecule has 40 heavy (non-hydrogen) atoms. The number of hydrogen-bond acceptors (Lipinski definition) is 4.